The van der Waals surface area contributed by atoms with Crippen LogP contribution in [0.2, 0.25) is 0 Å². The molecule has 1 amide bonds. The van der Waals surface area contributed by atoms with E-state index < -0.39 is 40.2 Å². The number of methoxy groups -OCH3 is 2. The van der Waals surface area contributed by atoms with Crippen LogP contribution in [0.15, 0.2) is 18.2 Å². The molecule has 0 aromatic heterocycles. The van der Waals surface area contributed by atoms with E-state index in [-0.39, 0.29) is 17.9 Å². The average molecular weight is 412 g/mol. The van der Waals surface area contributed by atoms with Gasteiger partial charge in [-0.2, -0.15) is 0 Å². The maximum atomic E-state index is 12.7. The quantitative estimate of drug-likeness (QED) is 0.268. The molecule has 2 atom stereocenters. The van der Waals surface area contributed by atoms with Crippen molar-refractivity contribution in [1.82, 2.24) is 5.32 Å². The number of ether oxygens (including phenoxy) is 4. The number of rotatable bonds is 10. The van der Waals surface area contributed by atoms with Crippen molar-refractivity contribution in [2.24, 2.45) is 0 Å². The van der Waals surface area contributed by atoms with Crippen LogP contribution in [0, 0.1) is 10.1 Å². The summed E-state index contributed by atoms with van der Waals surface area (Å²) in [5.74, 6) is -1.31. The molecule has 0 aliphatic carbocycles. The molecular formula is C19H28N2O8. The third-order valence-corrected chi connectivity index (χ3v) is 3.72. The number of amides is 1. The monoisotopic (exact) mass is 412 g/mol. The minimum Gasteiger partial charge on any atom is -0.491 e. The zero-order valence-corrected chi connectivity index (χ0v) is 17.5. The van der Waals surface area contributed by atoms with Gasteiger partial charge in [0.2, 0.25) is 0 Å². The molecule has 0 fully saturated rings. The van der Waals surface area contributed by atoms with E-state index >= 15 is 0 Å². The number of nitrogens with zero attached hydrogens (tertiary/aromatic N) is 1. The molecule has 0 spiro atoms. The van der Waals surface area contributed by atoms with Gasteiger partial charge in [0.15, 0.2) is 6.04 Å². The predicted octanol–water partition coefficient (Wildman–Crippen LogP) is 2.09. The molecule has 29 heavy (non-hydrogen) atoms. The zero-order valence-electron chi connectivity index (χ0n) is 17.5. The highest BCUT2D eigenvalue weighted by molar-refractivity contribution is 6.00. The number of nitro benzene ring substituents is 1. The van der Waals surface area contributed by atoms with Crippen LogP contribution in [0.25, 0.3) is 0 Å². The van der Waals surface area contributed by atoms with Gasteiger partial charge < -0.3 is 24.3 Å². The van der Waals surface area contributed by atoms with Gasteiger partial charge in [-0.25, -0.2) is 4.79 Å². The van der Waals surface area contributed by atoms with E-state index in [2.05, 4.69) is 5.32 Å². The number of carbonyl (C=O) groups excluding carboxylic acids is 2. The lowest BCUT2D eigenvalue weighted by molar-refractivity contribution is -0.385. The van der Waals surface area contributed by atoms with Crippen molar-refractivity contribution >= 4 is 17.6 Å². The van der Waals surface area contributed by atoms with Crippen LogP contribution in [0.4, 0.5) is 5.69 Å². The Labute approximate surface area is 169 Å². The molecule has 1 rings (SSSR count). The molecule has 1 unspecified atom stereocenters. The fourth-order valence-electron chi connectivity index (χ4n) is 2.53. The first-order valence-electron chi connectivity index (χ1n) is 8.96. The summed E-state index contributed by atoms with van der Waals surface area (Å²) in [6.07, 6.45) is -0.734. The summed E-state index contributed by atoms with van der Waals surface area (Å²) in [6.45, 7) is 7.51. The molecule has 1 N–H and O–H groups in total. The van der Waals surface area contributed by atoms with Crippen molar-refractivity contribution in [1.29, 1.82) is 0 Å². The van der Waals surface area contributed by atoms with E-state index in [4.69, 9.17) is 18.9 Å². The van der Waals surface area contributed by atoms with Crippen LogP contribution >= 0.6 is 0 Å². The molecule has 162 valence electrons. The van der Waals surface area contributed by atoms with Crippen molar-refractivity contribution in [3.05, 3.63) is 33.9 Å². The van der Waals surface area contributed by atoms with Crippen LogP contribution in [0.3, 0.4) is 0 Å². The van der Waals surface area contributed by atoms with Crippen LogP contribution in [0.1, 0.15) is 38.1 Å². The molecule has 1 aromatic carbocycles. The van der Waals surface area contributed by atoms with Gasteiger partial charge in [0, 0.05) is 7.11 Å². The second kappa shape index (κ2) is 10.7. The standard InChI is InChI=1S/C19H28N2O8/c1-12(29-19(2,3)4)16(18(23)27-6)20-17(22)14-8-7-13(28-10-9-26-5)11-15(14)21(24)25/h7-8,11-12,16H,9-10H2,1-6H3,(H,20,22)/t12?,16-/m0/s1. The van der Waals surface area contributed by atoms with Crippen LogP contribution in [-0.4, -0.2) is 62.0 Å². The van der Waals surface area contributed by atoms with Gasteiger partial charge in [-0.05, 0) is 39.8 Å². The second-order valence-corrected chi connectivity index (χ2v) is 7.19. The Morgan fingerprint density at radius 2 is 1.86 bits per heavy atom. The Morgan fingerprint density at radius 3 is 2.38 bits per heavy atom. The average Bonchev–Trinajstić information content (AvgIpc) is 2.63. The lowest BCUT2D eigenvalue weighted by Crippen LogP contribution is -2.51. The molecule has 0 aliphatic rings. The topological polar surface area (TPSA) is 126 Å². The van der Waals surface area contributed by atoms with Crippen molar-refractivity contribution < 1.29 is 33.5 Å². The highest BCUT2D eigenvalue weighted by Crippen LogP contribution is 2.25. The Bertz CT molecular complexity index is 729. The summed E-state index contributed by atoms with van der Waals surface area (Å²) < 4.78 is 20.7. The molecule has 0 heterocycles. The minimum atomic E-state index is -1.15. The summed E-state index contributed by atoms with van der Waals surface area (Å²) in [5, 5.41) is 13.9. The number of nitro groups is 1. The highest BCUT2D eigenvalue weighted by Gasteiger charge is 2.33. The Morgan fingerprint density at radius 1 is 1.21 bits per heavy atom. The highest BCUT2D eigenvalue weighted by atomic mass is 16.6. The normalized spacial score (nSPS) is 13.3. The van der Waals surface area contributed by atoms with Crippen molar-refractivity contribution in [3.63, 3.8) is 0 Å². The maximum absolute atomic E-state index is 12.7. The second-order valence-electron chi connectivity index (χ2n) is 7.19. The maximum Gasteiger partial charge on any atom is 0.331 e. The fraction of sp³-hybridized carbons (Fsp3) is 0.579. The van der Waals surface area contributed by atoms with Gasteiger partial charge in [0.05, 0.1) is 36.4 Å². The molecule has 0 radical (unpaired) electrons. The number of benzene rings is 1. The van der Waals surface area contributed by atoms with E-state index in [0.29, 0.717) is 6.61 Å². The van der Waals surface area contributed by atoms with Gasteiger partial charge in [0.1, 0.15) is 17.9 Å². The van der Waals surface area contributed by atoms with Crippen molar-refractivity contribution in [2.45, 2.75) is 45.4 Å². The third kappa shape index (κ3) is 7.66. The van der Waals surface area contributed by atoms with Gasteiger partial charge in [-0.3, -0.25) is 14.9 Å². The van der Waals surface area contributed by atoms with E-state index in [1.165, 1.54) is 26.4 Å². The molecule has 0 saturated carbocycles. The molecule has 0 bridgehead atoms. The zero-order chi connectivity index (χ0) is 22.2. The molecule has 1 aromatic rings. The van der Waals surface area contributed by atoms with Crippen LogP contribution < -0.4 is 10.1 Å². The van der Waals surface area contributed by atoms with E-state index in [0.717, 1.165) is 6.07 Å². The number of hydrogen-bond donors (Lipinski definition) is 1. The molecule has 10 heteroatoms. The van der Waals surface area contributed by atoms with Crippen LogP contribution in [0.5, 0.6) is 5.75 Å². The first kappa shape index (κ1) is 24.3. The smallest absolute Gasteiger partial charge is 0.331 e. The number of esters is 1. The Balaban J connectivity index is 3.09. The van der Waals surface area contributed by atoms with Crippen LogP contribution in [-0.2, 0) is 19.0 Å². The van der Waals surface area contributed by atoms with Gasteiger partial charge in [0.25, 0.3) is 11.6 Å². The minimum absolute atomic E-state index is 0.200. The summed E-state index contributed by atoms with van der Waals surface area (Å²) in [6, 6.07) is 2.69. The lowest BCUT2D eigenvalue weighted by atomic mass is 10.1. The summed E-state index contributed by atoms with van der Waals surface area (Å²) >= 11 is 0. The Hall–Kier alpha value is -2.72. The first-order valence-corrected chi connectivity index (χ1v) is 8.96. The summed E-state index contributed by atoms with van der Waals surface area (Å²) in [5.41, 5.74) is -1.25. The molecule has 0 aliphatic heterocycles. The first-order chi connectivity index (χ1) is 13.5. The number of nitrogens with one attached hydrogen (secondary N) is 1. The fourth-order valence-corrected chi connectivity index (χ4v) is 2.53. The number of carbonyl (C=O) groups is 2. The lowest BCUT2D eigenvalue weighted by Gasteiger charge is -2.29. The summed E-state index contributed by atoms with van der Waals surface area (Å²) in [7, 11) is 2.68. The molecule has 0 saturated heterocycles. The van der Waals surface area contributed by atoms with Crippen molar-refractivity contribution in [2.75, 3.05) is 27.4 Å². The van der Waals surface area contributed by atoms with E-state index in [9.17, 15) is 19.7 Å². The van der Waals surface area contributed by atoms with E-state index in [1.54, 1.807) is 27.7 Å². The Kier molecular flexibility index (Phi) is 8.99. The van der Waals surface area contributed by atoms with Gasteiger partial charge in [-0.15, -0.1) is 0 Å². The largest absolute Gasteiger partial charge is 0.491 e. The third-order valence-electron chi connectivity index (χ3n) is 3.72. The molecular weight excluding hydrogens is 384 g/mol. The SMILES string of the molecule is COCCOc1ccc(C(=O)N[C@H](C(=O)OC)C(C)OC(C)(C)C)c([N+](=O)[O-])c1. The molecule has 10 nitrogen and oxygen atoms in total. The summed E-state index contributed by atoms with van der Waals surface area (Å²) in [4.78, 5) is 35.6. The van der Waals surface area contributed by atoms with Gasteiger partial charge in [-0.1, -0.05) is 0 Å². The van der Waals surface area contributed by atoms with E-state index in [1.807, 2.05) is 0 Å². The van der Waals surface area contributed by atoms with Crippen molar-refractivity contribution in [3.8, 4) is 5.75 Å². The predicted molar refractivity (Wildman–Crippen MR) is 104 cm³/mol. The van der Waals surface area contributed by atoms with Gasteiger partial charge >= 0.3 is 5.97 Å². The number of hydrogen-bond acceptors (Lipinski definition) is 8.